The summed E-state index contributed by atoms with van der Waals surface area (Å²) in [6.45, 7) is 3.45. The number of aromatic nitrogens is 3. The minimum Gasteiger partial charge on any atom is -0.384 e. The number of likely N-dealkylation sites (tertiary alicyclic amines) is 1. The third-order valence-corrected chi connectivity index (χ3v) is 11.2. The SMILES string of the molecule is Cc1cc(-c2c[nH]c3ncc(-c4ccc(C5CCN(C(=O)CCNc6cccc7c6C(=O)N(C6CCC(=O)NC6=O)C7=O)CC5)cc4)nc23)ccc1C(=O)N(C)C. The van der Waals surface area contributed by atoms with Crippen LogP contribution >= 0.6 is 0 Å². The molecule has 3 N–H and O–H groups in total. The number of piperidine rings is 2. The van der Waals surface area contributed by atoms with E-state index in [1.807, 2.05) is 36.2 Å². The molecule has 3 aliphatic rings. The minimum atomic E-state index is -1.04. The van der Waals surface area contributed by atoms with Gasteiger partial charge in [-0.05, 0) is 67.0 Å². The van der Waals surface area contributed by atoms with Crippen molar-refractivity contribution in [3.05, 3.63) is 101 Å². The Kier molecular flexibility index (Phi) is 9.86. The van der Waals surface area contributed by atoms with Crippen LogP contribution in [0.3, 0.4) is 0 Å². The number of benzene rings is 3. The number of hydrogen-bond donors (Lipinski definition) is 3. The van der Waals surface area contributed by atoms with Gasteiger partial charge in [0.2, 0.25) is 17.7 Å². The predicted molar refractivity (Wildman–Crippen MR) is 212 cm³/mol. The molecule has 6 amide bonds. The average Bonchev–Trinajstić information content (AvgIpc) is 3.75. The van der Waals surface area contributed by atoms with Crippen molar-refractivity contribution >= 4 is 52.3 Å². The van der Waals surface area contributed by atoms with Crippen LogP contribution in [0.2, 0.25) is 0 Å². The van der Waals surface area contributed by atoms with E-state index in [0.717, 1.165) is 51.2 Å². The van der Waals surface area contributed by atoms with Crippen molar-refractivity contribution in [2.75, 3.05) is 39.0 Å². The van der Waals surface area contributed by atoms with Crippen LogP contribution in [-0.2, 0) is 14.4 Å². The van der Waals surface area contributed by atoms with Gasteiger partial charge >= 0.3 is 0 Å². The average molecular weight is 767 g/mol. The van der Waals surface area contributed by atoms with E-state index in [4.69, 9.17) is 4.98 Å². The summed E-state index contributed by atoms with van der Waals surface area (Å²) in [5.74, 6) is -1.98. The summed E-state index contributed by atoms with van der Waals surface area (Å²) in [6, 6.07) is 18.0. The van der Waals surface area contributed by atoms with Crippen LogP contribution in [0.1, 0.15) is 80.2 Å². The van der Waals surface area contributed by atoms with Gasteiger partial charge in [0, 0.05) is 75.1 Å². The number of nitrogens with zero attached hydrogens (tertiary/aromatic N) is 5. The van der Waals surface area contributed by atoms with Crippen LogP contribution in [-0.4, -0.2) is 105 Å². The molecule has 0 aliphatic carbocycles. The lowest BCUT2D eigenvalue weighted by Gasteiger charge is -2.32. The first-order valence-corrected chi connectivity index (χ1v) is 19.1. The number of H-pyrrole nitrogens is 1. The minimum absolute atomic E-state index is 0.00250. The highest BCUT2D eigenvalue weighted by Crippen LogP contribution is 2.34. The molecule has 5 heterocycles. The maximum atomic E-state index is 13.4. The molecule has 1 unspecified atom stereocenters. The van der Waals surface area contributed by atoms with Gasteiger partial charge in [0.05, 0.1) is 23.0 Å². The van der Waals surface area contributed by atoms with Crippen molar-refractivity contribution in [2.45, 2.75) is 51.0 Å². The zero-order chi connectivity index (χ0) is 40.0. The lowest BCUT2D eigenvalue weighted by atomic mass is 9.88. The van der Waals surface area contributed by atoms with Gasteiger partial charge in [-0.1, -0.05) is 42.5 Å². The lowest BCUT2D eigenvalue weighted by molar-refractivity contribution is -0.136. The van der Waals surface area contributed by atoms with E-state index < -0.39 is 29.7 Å². The first-order valence-electron chi connectivity index (χ1n) is 19.1. The van der Waals surface area contributed by atoms with Gasteiger partial charge in [0.1, 0.15) is 11.6 Å². The van der Waals surface area contributed by atoms with Crippen molar-refractivity contribution in [3.63, 3.8) is 0 Å². The zero-order valence-corrected chi connectivity index (χ0v) is 31.9. The smallest absolute Gasteiger partial charge is 0.264 e. The normalized spacial score (nSPS) is 17.2. The summed E-state index contributed by atoms with van der Waals surface area (Å²) in [4.78, 5) is 93.6. The van der Waals surface area contributed by atoms with Gasteiger partial charge in [-0.15, -0.1) is 0 Å². The first kappa shape index (κ1) is 37.2. The second-order valence-corrected chi connectivity index (χ2v) is 15.0. The molecule has 8 rings (SSSR count). The van der Waals surface area contributed by atoms with Crippen molar-refractivity contribution < 1.29 is 28.8 Å². The Balaban J connectivity index is 0.861. The Morgan fingerprint density at radius 1 is 0.912 bits per heavy atom. The second-order valence-electron chi connectivity index (χ2n) is 15.0. The van der Waals surface area contributed by atoms with Gasteiger partial charge in [0.25, 0.3) is 17.7 Å². The van der Waals surface area contributed by atoms with Crippen molar-refractivity contribution in [1.82, 2.24) is 35.0 Å². The van der Waals surface area contributed by atoms with Gasteiger partial charge in [-0.3, -0.25) is 39.0 Å². The highest BCUT2D eigenvalue weighted by atomic mass is 16.2. The molecule has 14 heteroatoms. The molecule has 0 spiro atoms. The van der Waals surface area contributed by atoms with Gasteiger partial charge in [-0.25, -0.2) is 9.97 Å². The Morgan fingerprint density at radius 2 is 1.67 bits per heavy atom. The molecule has 2 saturated heterocycles. The quantitative estimate of drug-likeness (QED) is 0.176. The molecule has 14 nitrogen and oxygen atoms in total. The Hall–Kier alpha value is -6.70. The number of hydrogen-bond acceptors (Lipinski definition) is 9. The number of imide groups is 2. The second kappa shape index (κ2) is 15.1. The predicted octanol–water partition coefficient (Wildman–Crippen LogP) is 4.91. The van der Waals surface area contributed by atoms with Crippen LogP contribution < -0.4 is 10.6 Å². The van der Waals surface area contributed by atoms with E-state index in [9.17, 15) is 28.8 Å². The summed E-state index contributed by atoms with van der Waals surface area (Å²) in [7, 11) is 3.48. The molecule has 1 atom stereocenters. The van der Waals surface area contributed by atoms with Crippen LogP contribution in [0.15, 0.2) is 73.1 Å². The number of aromatic amines is 1. The van der Waals surface area contributed by atoms with E-state index in [1.54, 1.807) is 43.4 Å². The Morgan fingerprint density at radius 3 is 2.39 bits per heavy atom. The number of aryl methyl sites for hydroxylation is 1. The van der Waals surface area contributed by atoms with E-state index in [1.165, 1.54) is 5.56 Å². The highest BCUT2D eigenvalue weighted by molar-refractivity contribution is 6.25. The van der Waals surface area contributed by atoms with Crippen molar-refractivity contribution in [2.24, 2.45) is 0 Å². The fourth-order valence-electron chi connectivity index (χ4n) is 8.08. The number of anilines is 1. The largest absolute Gasteiger partial charge is 0.384 e. The number of nitrogens with one attached hydrogen (secondary N) is 3. The topological polar surface area (TPSA) is 178 Å². The van der Waals surface area contributed by atoms with Gasteiger partial charge in [0.15, 0.2) is 5.65 Å². The van der Waals surface area contributed by atoms with E-state index >= 15 is 0 Å². The Bertz CT molecular complexity index is 2470. The summed E-state index contributed by atoms with van der Waals surface area (Å²) in [6.07, 6.45) is 5.65. The van der Waals surface area contributed by atoms with E-state index in [2.05, 4.69) is 44.9 Å². The molecule has 0 radical (unpaired) electrons. The Labute approximate surface area is 328 Å². The lowest BCUT2D eigenvalue weighted by Crippen LogP contribution is -2.54. The summed E-state index contributed by atoms with van der Waals surface area (Å²) in [5.41, 5.74) is 8.53. The van der Waals surface area contributed by atoms with Gasteiger partial charge in [-0.2, -0.15) is 0 Å². The first-order chi connectivity index (χ1) is 27.5. The number of rotatable bonds is 9. The van der Waals surface area contributed by atoms with Gasteiger partial charge < -0.3 is 20.1 Å². The summed E-state index contributed by atoms with van der Waals surface area (Å²) >= 11 is 0. The summed E-state index contributed by atoms with van der Waals surface area (Å²) in [5, 5.41) is 5.37. The maximum Gasteiger partial charge on any atom is 0.264 e. The third-order valence-electron chi connectivity index (χ3n) is 11.2. The van der Waals surface area contributed by atoms with Crippen LogP contribution in [0.25, 0.3) is 33.5 Å². The molecule has 5 aromatic rings. The van der Waals surface area contributed by atoms with Crippen LogP contribution in [0.4, 0.5) is 5.69 Å². The molecule has 3 aromatic carbocycles. The molecule has 2 aromatic heterocycles. The van der Waals surface area contributed by atoms with Crippen molar-refractivity contribution in [3.8, 4) is 22.4 Å². The molecule has 0 bridgehead atoms. The molecule has 0 saturated carbocycles. The number of amides is 6. The number of fused-ring (bicyclic) bond motifs is 2. The fourth-order valence-corrected chi connectivity index (χ4v) is 8.08. The molecular weight excluding hydrogens is 725 g/mol. The summed E-state index contributed by atoms with van der Waals surface area (Å²) < 4.78 is 0. The third kappa shape index (κ3) is 7.03. The molecule has 2 fully saturated rings. The fraction of sp³-hybridized carbons (Fsp3) is 0.302. The number of carbonyl (C=O) groups is 6. The van der Waals surface area contributed by atoms with Crippen LogP contribution in [0, 0.1) is 6.92 Å². The molecule has 57 heavy (non-hydrogen) atoms. The monoisotopic (exact) mass is 766 g/mol. The molecule has 3 aliphatic heterocycles. The standard InChI is InChI=1S/C43H42N8O6/c1-24-21-28(11-12-29(24)41(55)49(2)3)31-22-45-39-38(31)47-33(23-46-39)27-9-7-25(8-10-27)26-16-19-50(20-17-26)36(53)15-18-44-32-6-4-5-30-37(32)43(57)51(42(30)56)34-13-14-35(52)48-40(34)54/h4-12,21-23,26,34,44H,13-20H2,1-3H3,(H,45,46)(H,48,52,54). The highest BCUT2D eigenvalue weighted by Gasteiger charge is 2.45. The number of carbonyl (C=O) groups excluding carboxylic acids is 6. The maximum absolute atomic E-state index is 13.4. The van der Waals surface area contributed by atoms with Crippen molar-refractivity contribution in [1.29, 1.82) is 0 Å². The van der Waals surface area contributed by atoms with E-state index in [0.29, 0.717) is 35.9 Å². The zero-order valence-electron chi connectivity index (χ0n) is 31.9. The van der Waals surface area contributed by atoms with Crippen LogP contribution in [0.5, 0.6) is 0 Å². The molecule has 290 valence electrons. The van der Waals surface area contributed by atoms with E-state index in [-0.39, 0.29) is 48.7 Å². The molecular formula is C43H42N8O6.